The van der Waals surface area contributed by atoms with Crippen LogP contribution in [0, 0.1) is 0 Å². The molecule has 0 saturated carbocycles. The molecule has 2 N–H and O–H groups in total. The third-order valence-corrected chi connectivity index (χ3v) is 1.48. The number of aromatic amines is 1. The molecule has 4 nitrogen and oxygen atoms in total. The molecule has 0 unspecified atom stereocenters. The van der Waals surface area contributed by atoms with Crippen molar-refractivity contribution in [1.82, 2.24) is 20.7 Å². The standard InChI is InChI=1S/C7H14N4/c1-2-3-4-8-5-7-6-9-11-10-7/h6,8H,2-5H2,1H3,(H,9,10,11). The Hall–Kier alpha value is -0.900. The van der Waals surface area contributed by atoms with Gasteiger partial charge >= 0.3 is 0 Å². The largest absolute Gasteiger partial charge is 0.311 e. The van der Waals surface area contributed by atoms with Crippen LogP contribution in [0.1, 0.15) is 25.5 Å². The maximum absolute atomic E-state index is 3.92. The van der Waals surface area contributed by atoms with Crippen LogP contribution in [0.4, 0.5) is 0 Å². The highest BCUT2D eigenvalue weighted by Crippen LogP contribution is 1.88. The average molecular weight is 154 g/mol. The smallest absolute Gasteiger partial charge is 0.0962 e. The minimum absolute atomic E-state index is 0.816. The van der Waals surface area contributed by atoms with Gasteiger partial charge in [-0.05, 0) is 13.0 Å². The Bertz CT molecular complexity index is 171. The molecule has 0 aliphatic rings. The summed E-state index contributed by atoms with van der Waals surface area (Å²) in [5.41, 5.74) is 0.973. The van der Waals surface area contributed by atoms with Crippen molar-refractivity contribution in [3.8, 4) is 0 Å². The summed E-state index contributed by atoms with van der Waals surface area (Å²) in [6.45, 7) is 4.05. The van der Waals surface area contributed by atoms with Gasteiger partial charge in [0.1, 0.15) is 0 Å². The molecule has 1 aromatic heterocycles. The van der Waals surface area contributed by atoms with Crippen LogP contribution in [-0.4, -0.2) is 22.0 Å². The van der Waals surface area contributed by atoms with Crippen LogP contribution < -0.4 is 5.32 Å². The van der Waals surface area contributed by atoms with E-state index in [0.717, 1.165) is 18.8 Å². The second-order valence-electron chi connectivity index (χ2n) is 2.49. The lowest BCUT2D eigenvalue weighted by Gasteiger charge is -1.98. The van der Waals surface area contributed by atoms with Crippen molar-refractivity contribution in [1.29, 1.82) is 0 Å². The van der Waals surface area contributed by atoms with E-state index < -0.39 is 0 Å². The first kappa shape index (κ1) is 8.20. The van der Waals surface area contributed by atoms with Gasteiger partial charge in [-0.25, -0.2) is 0 Å². The van der Waals surface area contributed by atoms with Crippen LogP contribution in [0.2, 0.25) is 0 Å². The van der Waals surface area contributed by atoms with E-state index in [0.29, 0.717) is 0 Å². The summed E-state index contributed by atoms with van der Waals surface area (Å²) in [7, 11) is 0. The Balaban J connectivity index is 2.04. The first-order chi connectivity index (χ1) is 5.43. The first-order valence-corrected chi connectivity index (χ1v) is 3.99. The number of unbranched alkanes of at least 4 members (excludes halogenated alkanes) is 1. The van der Waals surface area contributed by atoms with Crippen LogP contribution in [0.15, 0.2) is 6.20 Å². The van der Waals surface area contributed by atoms with Crippen molar-refractivity contribution in [3.63, 3.8) is 0 Å². The van der Waals surface area contributed by atoms with Crippen LogP contribution >= 0.6 is 0 Å². The lowest BCUT2D eigenvalue weighted by atomic mass is 10.3. The summed E-state index contributed by atoms with van der Waals surface area (Å²) in [5, 5.41) is 13.5. The molecule has 0 spiro atoms. The molecule has 0 saturated heterocycles. The van der Waals surface area contributed by atoms with Gasteiger partial charge in [-0.3, -0.25) is 0 Å². The monoisotopic (exact) mass is 154 g/mol. The molecule has 62 valence electrons. The molecule has 0 aliphatic heterocycles. The van der Waals surface area contributed by atoms with Crippen LogP contribution in [0.5, 0.6) is 0 Å². The van der Waals surface area contributed by atoms with E-state index in [2.05, 4.69) is 27.7 Å². The van der Waals surface area contributed by atoms with E-state index in [-0.39, 0.29) is 0 Å². The number of nitrogens with one attached hydrogen (secondary N) is 2. The number of hydrogen-bond donors (Lipinski definition) is 2. The Kier molecular flexibility index (Phi) is 3.61. The summed E-state index contributed by atoms with van der Waals surface area (Å²) in [4.78, 5) is 0. The Morgan fingerprint density at radius 3 is 3.18 bits per heavy atom. The molecule has 0 fully saturated rings. The summed E-state index contributed by atoms with van der Waals surface area (Å²) in [6.07, 6.45) is 4.18. The third-order valence-electron chi connectivity index (χ3n) is 1.48. The predicted molar refractivity (Wildman–Crippen MR) is 43.0 cm³/mol. The lowest BCUT2D eigenvalue weighted by molar-refractivity contribution is 0.632. The molecule has 0 atom stereocenters. The lowest BCUT2D eigenvalue weighted by Crippen LogP contribution is -2.14. The summed E-state index contributed by atoms with van der Waals surface area (Å²) in [5.74, 6) is 0. The zero-order valence-electron chi connectivity index (χ0n) is 6.80. The van der Waals surface area contributed by atoms with E-state index in [1.165, 1.54) is 12.8 Å². The molecule has 4 heteroatoms. The molecule has 0 aliphatic carbocycles. The number of aromatic nitrogens is 3. The maximum atomic E-state index is 3.92. The SMILES string of the molecule is CCCCNCc1cn[nH]n1. The Labute approximate surface area is 66.4 Å². The number of hydrogen-bond acceptors (Lipinski definition) is 3. The van der Waals surface area contributed by atoms with Gasteiger partial charge in [0.25, 0.3) is 0 Å². The molecule has 0 amide bonds. The fourth-order valence-electron chi connectivity index (χ4n) is 0.829. The van der Waals surface area contributed by atoms with Crippen molar-refractivity contribution in [2.24, 2.45) is 0 Å². The van der Waals surface area contributed by atoms with Gasteiger partial charge in [0.15, 0.2) is 0 Å². The predicted octanol–water partition coefficient (Wildman–Crippen LogP) is 0.694. The van der Waals surface area contributed by atoms with E-state index in [4.69, 9.17) is 0 Å². The van der Waals surface area contributed by atoms with Gasteiger partial charge in [-0.1, -0.05) is 13.3 Å². The second-order valence-corrected chi connectivity index (χ2v) is 2.49. The minimum Gasteiger partial charge on any atom is -0.311 e. The fourth-order valence-corrected chi connectivity index (χ4v) is 0.829. The highest BCUT2D eigenvalue weighted by Gasteiger charge is 1.92. The van der Waals surface area contributed by atoms with E-state index in [9.17, 15) is 0 Å². The van der Waals surface area contributed by atoms with Crippen LogP contribution in [-0.2, 0) is 6.54 Å². The highest BCUT2D eigenvalue weighted by atomic mass is 15.3. The van der Waals surface area contributed by atoms with Gasteiger partial charge in [0.05, 0.1) is 11.9 Å². The molecule has 11 heavy (non-hydrogen) atoms. The molecule has 0 aromatic carbocycles. The molecule has 1 rings (SSSR count). The highest BCUT2D eigenvalue weighted by molar-refractivity contribution is 4.88. The van der Waals surface area contributed by atoms with Crippen molar-refractivity contribution in [2.75, 3.05) is 6.54 Å². The van der Waals surface area contributed by atoms with E-state index in [1.807, 2.05) is 0 Å². The average Bonchev–Trinajstić information content (AvgIpc) is 2.50. The summed E-state index contributed by atoms with van der Waals surface area (Å²) < 4.78 is 0. The molecule has 1 heterocycles. The van der Waals surface area contributed by atoms with Gasteiger partial charge < -0.3 is 5.32 Å². The molecular weight excluding hydrogens is 140 g/mol. The Morgan fingerprint density at radius 1 is 1.64 bits per heavy atom. The quantitative estimate of drug-likeness (QED) is 0.614. The van der Waals surface area contributed by atoms with Gasteiger partial charge in [0, 0.05) is 6.54 Å². The van der Waals surface area contributed by atoms with Crippen molar-refractivity contribution >= 4 is 0 Å². The van der Waals surface area contributed by atoms with Crippen molar-refractivity contribution in [2.45, 2.75) is 26.3 Å². The normalized spacial score (nSPS) is 10.3. The minimum atomic E-state index is 0.816. The van der Waals surface area contributed by atoms with Gasteiger partial charge in [-0.15, -0.1) is 0 Å². The molecule has 0 bridgehead atoms. The number of H-pyrrole nitrogens is 1. The molecule has 0 radical (unpaired) electrons. The second kappa shape index (κ2) is 4.85. The fraction of sp³-hybridized carbons (Fsp3) is 0.714. The number of nitrogens with zero attached hydrogens (tertiary/aromatic N) is 2. The van der Waals surface area contributed by atoms with E-state index >= 15 is 0 Å². The topological polar surface area (TPSA) is 53.6 Å². The summed E-state index contributed by atoms with van der Waals surface area (Å²) in [6, 6.07) is 0. The van der Waals surface area contributed by atoms with Crippen molar-refractivity contribution in [3.05, 3.63) is 11.9 Å². The van der Waals surface area contributed by atoms with Crippen LogP contribution in [0.25, 0.3) is 0 Å². The van der Waals surface area contributed by atoms with Gasteiger partial charge in [-0.2, -0.15) is 15.4 Å². The maximum Gasteiger partial charge on any atom is 0.0962 e. The number of rotatable bonds is 5. The first-order valence-electron chi connectivity index (χ1n) is 3.99. The third kappa shape index (κ3) is 3.13. The Morgan fingerprint density at radius 2 is 2.55 bits per heavy atom. The van der Waals surface area contributed by atoms with Gasteiger partial charge in [0.2, 0.25) is 0 Å². The van der Waals surface area contributed by atoms with E-state index in [1.54, 1.807) is 6.20 Å². The van der Waals surface area contributed by atoms with Crippen molar-refractivity contribution < 1.29 is 0 Å². The molecular formula is C7H14N4. The van der Waals surface area contributed by atoms with Crippen LogP contribution in [0.3, 0.4) is 0 Å². The zero-order valence-corrected chi connectivity index (χ0v) is 6.80. The zero-order chi connectivity index (χ0) is 7.94. The molecule has 1 aromatic rings. The summed E-state index contributed by atoms with van der Waals surface area (Å²) >= 11 is 0.